The largest absolute Gasteiger partial charge is 0.458 e. The van der Waals surface area contributed by atoms with Crippen molar-refractivity contribution in [2.75, 3.05) is 0 Å². The molecule has 0 spiro atoms. The van der Waals surface area contributed by atoms with Gasteiger partial charge in [-0.3, -0.25) is 4.79 Å². The lowest BCUT2D eigenvalue weighted by Crippen LogP contribution is -2.51. The lowest BCUT2D eigenvalue weighted by Gasteiger charge is -2.59. The Morgan fingerprint density at radius 2 is 1.73 bits per heavy atom. The zero-order valence-corrected chi connectivity index (χ0v) is 22.8. The predicted molar refractivity (Wildman–Crippen MR) is 138 cm³/mol. The summed E-state index contributed by atoms with van der Waals surface area (Å²) < 4.78 is 5.84. The maximum Gasteiger partial charge on any atom is 0.308 e. The molecule has 33 heavy (non-hydrogen) atoms. The first-order chi connectivity index (χ1) is 15.6. The zero-order valence-electron chi connectivity index (χ0n) is 22.8. The number of hydrogen-bond donors (Lipinski definition) is 0. The molecule has 188 valence electrons. The Bertz CT molecular complexity index is 735. The molecule has 4 rings (SSSR count). The van der Waals surface area contributed by atoms with Gasteiger partial charge in [0.05, 0.1) is 5.92 Å². The molecule has 0 amide bonds. The van der Waals surface area contributed by atoms with Crippen LogP contribution in [0.25, 0.3) is 0 Å². The third-order valence-electron chi connectivity index (χ3n) is 11.0. The maximum absolute atomic E-state index is 12.2. The molecule has 4 aliphatic rings. The number of carbonyl (C=O) groups is 1. The summed E-state index contributed by atoms with van der Waals surface area (Å²) in [5, 5.41) is 0. The Morgan fingerprint density at radius 1 is 0.970 bits per heavy atom. The van der Waals surface area contributed by atoms with Crippen molar-refractivity contribution in [2.45, 2.75) is 125 Å². The molecule has 2 nitrogen and oxygen atoms in total. The van der Waals surface area contributed by atoms with Crippen molar-refractivity contribution in [2.24, 2.45) is 52.3 Å². The van der Waals surface area contributed by atoms with E-state index in [1.165, 1.54) is 64.2 Å². The van der Waals surface area contributed by atoms with Crippen molar-refractivity contribution in [3.63, 3.8) is 0 Å². The van der Waals surface area contributed by atoms with Gasteiger partial charge in [0, 0.05) is 0 Å². The Hall–Kier alpha value is -0.790. The van der Waals surface area contributed by atoms with E-state index in [0.29, 0.717) is 10.8 Å². The molecule has 0 saturated heterocycles. The second kappa shape index (κ2) is 9.69. The maximum atomic E-state index is 12.2. The van der Waals surface area contributed by atoms with Crippen LogP contribution in [0.4, 0.5) is 0 Å². The van der Waals surface area contributed by atoms with Crippen molar-refractivity contribution in [1.29, 1.82) is 0 Å². The van der Waals surface area contributed by atoms with Crippen LogP contribution in [0.5, 0.6) is 0 Å². The molecule has 4 aliphatic carbocycles. The summed E-state index contributed by atoms with van der Waals surface area (Å²) in [5.74, 6) is 5.27. The van der Waals surface area contributed by atoms with Crippen molar-refractivity contribution >= 4 is 5.97 Å². The number of hydrogen-bond acceptors (Lipinski definition) is 2. The highest BCUT2D eigenvalue weighted by atomic mass is 16.5. The lowest BCUT2D eigenvalue weighted by atomic mass is 9.46. The van der Waals surface area contributed by atoms with Gasteiger partial charge in [0.1, 0.15) is 6.10 Å². The van der Waals surface area contributed by atoms with E-state index in [-0.39, 0.29) is 18.0 Å². The molecule has 2 heteroatoms. The monoisotopic (exact) mass is 456 g/mol. The summed E-state index contributed by atoms with van der Waals surface area (Å²) in [6.07, 6.45) is 17.2. The van der Waals surface area contributed by atoms with E-state index in [9.17, 15) is 4.79 Å². The first kappa shape index (κ1) is 25.3. The summed E-state index contributed by atoms with van der Waals surface area (Å²) in [6.45, 7) is 16.5. The molecule has 3 unspecified atom stereocenters. The van der Waals surface area contributed by atoms with Gasteiger partial charge in [-0.1, -0.05) is 73.3 Å². The third-order valence-corrected chi connectivity index (χ3v) is 11.0. The van der Waals surface area contributed by atoms with E-state index in [0.717, 1.165) is 41.9 Å². The van der Waals surface area contributed by atoms with Crippen molar-refractivity contribution < 1.29 is 9.53 Å². The second-order valence-corrected chi connectivity index (χ2v) is 13.7. The van der Waals surface area contributed by atoms with E-state index < -0.39 is 0 Å². The van der Waals surface area contributed by atoms with E-state index in [4.69, 9.17) is 4.74 Å². The summed E-state index contributed by atoms with van der Waals surface area (Å²) >= 11 is 0. The van der Waals surface area contributed by atoms with Gasteiger partial charge in [0.2, 0.25) is 0 Å². The summed E-state index contributed by atoms with van der Waals surface area (Å²) in [4.78, 5) is 12.2. The molecule has 0 aromatic rings. The van der Waals surface area contributed by atoms with Crippen LogP contribution in [0.3, 0.4) is 0 Å². The Kier molecular flexibility index (Phi) is 7.43. The van der Waals surface area contributed by atoms with Gasteiger partial charge in [0.25, 0.3) is 0 Å². The smallest absolute Gasteiger partial charge is 0.308 e. The minimum absolute atomic E-state index is 0.0101. The van der Waals surface area contributed by atoms with Gasteiger partial charge in [-0.25, -0.2) is 0 Å². The average molecular weight is 457 g/mol. The van der Waals surface area contributed by atoms with Gasteiger partial charge in [-0.15, -0.1) is 0 Å². The van der Waals surface area contributed by atoms with E-state index in [1.54, 1.807) is 5.57 Å². The molecule has 0 aromatic heterocycles. The molecule has 0 N–H and O–H groups in total. The number of rotatable bonds is 7. The van der Waals surface area contributed by atoms with E-state index in [2.05, 4.69) is 40.7 Å². The minimum atomic E-state index is -0.0397. The molecule has 0 bridgehead atoms. The average Bonchev–Trinajstić information content (AvgIpc) is 3.11. The number of ether oxygens (including phenoxy) is 1. The first-order valence-corrected chi connectivity index (χ1v) is 14.5. The summed E-state index contributed by atoms with van der Waals surface area (Å²) in [6, 6.07) is 0. The van der Waals surface area contributed by atoms with Gasteiger partial charge < -0.3 is 4.74 Å². The van der Waals surface area contributed by atoms with Crippen LogP contribution in [0, 0.1) is 52.3 Å². The highest BCUT2D eigenvalue weighted by molar-refractivity contribution is 5.71. The fourth-order valence-corrected chi connectivity index (χ4v) is 9.10. The quantitative estimate of drug-likeness (QED) is 0.283. The fourth-order valence-electron chi connectivity index (χ4n) is 9.10. The van der Waals surface area contributed by atoms with Crippen LogP contribution >= 0.6 is 0 Å². The van der Waals surface area contributed by atoms with Crippen LogP contribution in [-0.2, 0) is 9.53 Å². The fraction of sp³-hybridized carbons (Fsp3) is 0.903. The Balaban J connectivity index is 1.45. The minimum Gasteiger partial charge on any atom is -0.458 e. The first-order valence-electron chi connectivity index (χ1n) is 14.5. The molecular formula is C31H52O2. The highest BCUT2D eigenvalue weighted by Gasteiger charge is 2.59. The standard InChI is InChI=1S/C31H52O2/c1-20(2)9-8-10-22(5)26-13-14-27-25-12-11-23-19-24(33-29(32)21(3)4)15-17-30(23,6)28(25)16-18-31(26,27)7/h19-22,24-28H,8-18H2,1-7H3/t22-,24-,25?,26+,27?,28?,30-,31+/m0/s1. The SMILES string of the molecule is CC(C)CCC[C@H](C)[C@H]1CCC2C3CCC4=C[C@@H](OC(=O)C(C)C)CC[C@]4(C)C3CC[C@@]21C. The lowest BCUT2D eigenvalue weighted by molar-refractivity contribution is -0.152. The molecule has 0 radical (unpaired) electrons. The predicted octanol–water partition coefficient (Wildman–Crippen LogP) is 8.60. The molecule has 8 atom stereocenters. The van der Waals surface area contributed by atoms with Gasteiger partial charge >= 0.3 is 5.97 Å². The van der Waals surface area contributed by atoms with Crippen LogP contribution < -0.4 is 0 Å². The number of allylic oxidation sites excluding steroid dienone is 1. The highest BCUT2D eigenvalue weighted by Crippen LogP contribution is 2.67. The van der Waals surface area contributed by atoms with Crippen LogP contribution in [0.2, 0.25) is 0 Å². The van der Waals surface area contributed by atoms with Crippen molar-refractivity contribution in [1.82, 2.24) is 0 Å². The number of esters is 1. The van der Waals surface area contributed by atoms with Crippen LogP contribution in [0.15, 0.2) is 11.6 Å². The van der Waals surface area contributed by atoms with Crippen molar-refractivity contribution in [3.8, 4) is 0 Å². The zero-order chi connectivity index (χ0) is 24.0. The Morgan fingerprint density at radius 3 is 2.42 bits per heavy atom. The molecular weight excluding hydrogens is 404 g/mol. The molecule has 0 aliphatic heterocycles. The normalized spacial score (nSPS) is 41.2. The molecule has 3 fully saturated rings. The van der Waals surface area contributed by atoms with Gasteiger partial charge in [-0.05, 0) is 104 Å². The van der Waals surface area contributed by atoms with Crippen LogP contribution in [-0.4, -0.2) is 12.1 Å². The van der Waals surface area contributed by atoms with E-state index in [1.807, 2.05) is 13.8 Å². The topological polar surface area (TPSA) is 26.3 Å². The van der Waals surface area contributed by atoms with Gasteiger partial charge in [0.15, 0.2) is 0 Å². The number of fused-ring (bicyclic) bond motifs is 5. The van der Waals surface area contributed by atoms with Crippen molar-refractivity contribution in [3.05, 3.63) is 11.6 Å². The molecule has 0 heterocycles. The van der Waals surface area contributed by atoms with Gasteiger partial charge in [-0.2, -0.15) is 0 Å². The second-order valence-electron chi connectivity index (χ2n) is 13.7. The summed E-state index contributed by atoms with van der Waals surface area (Å²) in [7, 11) is 0. The number of carbonyl (C=O) groups excluding carboxylic acids is 1. The molecule has 3 saturated carbocycles. The van der Waals surface area contributed by atoms with E-state index >= 15 is 0 Å². The third kappa shape index (κ3) is 4.71. The van der Waals surface area contributed by atoms with Crippen LogP contribution in [0.1, 0.15) is 119 Å². The Labute approximate surface area is 204 Å². The summed E-state index contributed by atoms with van der Waals surface area (Å²) in [5.41, 5.74) is 2.53. The molecule has 0 aromatic carbocycles.